The molecule has 0 saturated carbocycles. The standard InChI is InChI=1S/C12H12N2O3S/c1-18(15,16)10-6-4-9(5-7-10)17-12-11(13)3-2-8-14-12/h2-8H,13H2,1H3. The summed E-state index contributed by atoms with van der Waals surface area (Å²) < 4.78 is 28.0. The molecule has 1 heterocycles. The van der Waals surface area contributed by atoms with Crippen LogP contribution in [-0.2, 0) is 9.84 Å². The van der Waals surface area contributed by atoms with Crippen LogP contribution in [0.5, 0.6) is 11.6 Å². The van der Waals surface area contributed by atoms with E-state index in [1.165, 1.54) is 12.1 Å². The SMILES string of the molecule is CS(=O)(=O)c1ccc(Oc2ncccc2N)cc1. The molecule has 0 radical (unpaired) electrons. The summed E-state index contributed by atoms with van der Waals surface area (Å²) >= 11 is 0. The maximum absolute atomic E-state index is 11.3. The predicted molar refractivity (Wildman–Crippen MR) is 68.3 cm³/mol. The number of pyridine rings is 1. The molecule has 0 saturated heterocycles. The fourth-order valence-corrected chi connectivity index (χ4v) is 1.99. The minimum atomic E-state index is -3.20. The third-order valence-corrected chi connectivity index (χ3v) is 3.40. The number of aromatic nitrogens is 1. The molecule has 0 fully saturated rings. The molecule has 2 rings (SSSR count). The van der Waals surface area contributed by atoms with E-state index in [0.717, 1.165) is 6.26 Å². The molecule has 2 N–H and O–H groups in total. The number of hydrogen-bond donors (Lipinski definition) is 1. The zero-order valence-electron chi connectivity index (χ0n) is 9.70. The summed E-state index contributed by atoms with van der Waals surface area (Å²) in [6.45, 7) is 0. The van der Waals surface area contributed by atoms with Crippen molar-refractivity contribution in [2.45, 2.75) is 4.90 Å². The number of sulfone groups is 1. The van der Waals surface area contributed by atoms with Crippen molar-refractivity contribution in [2.75, 3.05) is 12.0 Å². The minimum Gasteiger partial charge on any atom is -0.437 e. The molecule has 0 amide bonds. The van der Waals surface area contributed by atoms with Gasteiger partial charge >= 0.3 is 0 Å². The van der Waals surface area contributed by atoms with Crippen LogP contribution < -0.4 is 10.5 Å². The Morgan fingerprint density at radius 1 is 1.17 bits per heavy atom. The molecule has 0 bridgehead atoms. The van der Waals surface area contributed by atoms with Gasteiger partial charge in [0.1, 0.15) is 5.75 Å². The monoisotopic (exact) mass is 264 g/mol. The lowest BCUT2D eigenvalue weighted by atomic mass is 10.3. The lowest BCUT2D eigenvalue weighted by Gasteiger charge is -2.07. The highest BCUT2D eigenvalue weighted by Crippen LogP contribution is 2.25. The second kappa shape index (κ2) is 4.66. The summed E-state index contributed by atoms with van der Waals surface area (Å²) in [4.78, 5) is 4.22. The van der Waals surface area contributed by atoms with Gasteiger partial charge in [0, 0.05) is 12.5 Å². The Bertz CT molecular complexity index is 651. The van der Waals surface area contributed by atoms with Crippen molar-refractivity contribution in [3.8, 4) is 11.6 Å². The van der Waals surface area contributed by atoms with Crippen molar-refractivity contribution in [1.82, 2.24) is 4.98 Å². The van der Waals surface area contributed by atoms with E-state index in [1.54, 1.807) is 30.5 Å². The van der Waals surface area contributed by atoms with Gasteiger partial charge in [0.2, 0.25) is 5.88 Å². The molecule has 1 aromatic heterocycles. The van der Waals surface area contributed by atoms with Crippen LogP contribution in [0.1, 0.15) is 0 Å². The molecule has 0 atom stereocenters. The summed E-state index contributed by atoms with van der Waals surface area (Å²) in [5.41, 5.74) is 6.11. The van der Waals surface area contributed by atoms with Crippen LogP contribution in [0.25, 0.3) is 0 Å². The Balaban J connectivity index is 2.24. The van der Waals surface area contributed by atoms with Gasteiger partial charge in [0.25, 0.3) is 0 Å². The third-order valence-electron chi connectivity index (χ3n) is 2.27. The van der Waals surface area contributed by atoms with Crippen molar-refractivity contribution >= 4 is 15.5 Å². The van der Waals surface area contributed by atoms with Crippen molar-refractivity contribution in [3.63, 3.8) is 0 Å². The fourth-order valence-electron chi connectivity index (χ4n) is 1.36. The molecule has 0 aliphatic heterocycles. The maximum atomic E-state index is 11.3. The molecule has 2 aromatic rings. The van der Waals surface area contributed by atoms with Crippen molar-refractivity contribution in [3.05, 3.63) is 42.6 Å². The number of nitrogens with zero attached hydrogens (tertiary/aromatic N) is 1. The van der Waals surface area contributed by atoms with Crippen LogP contribution in [0.4, 0.5) is 5.69 Å². The summed E-state index contributed by atoms with van der Waals surface area (Å²) in [7, 11) is -3.20. The average molecular weight is 264 g/mol. The third kappa shape index (κ3) is 2.78. The fraction of sp³-hybridized carbons (Fsp3) is 0.0833. The number of nitrogen functional groups attached to an aromatic ring is 1. The van der Waals surface area contributed by atoms with Crippen molar-refractivity contribution < 1.29 is 13.2 Å². The molecule has 0 aliphatic rings. The zero-order chi connectivity index (χ0) is 13.2. The van der Waals surface area contributed by atoms with Gasteiger partial charge in [-0.25, -0.2) is 13.4 Å². The highest BCUT2D eigenvalue weighted by atomic mass is 32.2. The van der Waals surface area contributed by atoms with Gasteiger partial charge in [-0.3, -0.25) is 0 Å². The van der Waals surface area contributed by atoms with E-state index in [1.807, 2.05) is 0 Å². The number of rotatable bonds is 3. The molecule has 18 heavy (non-hydrogen) atoms. The molecule has 0 unspecified atom stereocenters. The first-order chi connectivity index (χ1) is 8.47. The highest BCUT2D eigenvalue weighted by molar-refractivity contribution is 7.90. The molecular formula is C12H12N2O3S. The van der Waals surface area contributed by atoms with Gasteiger partial charge in [-0.15, -0.1) is 0 Å². The first kappa shape index (κ1) is 12.4. The van der Waals surface area contributed by atoms with Crippen LogP contribution >= 0.6 is 0 Å². The van der Waals surface area contributed by atoms with Gasteiger partial charge in [-0.2, -0.15) is 0 Å². The van der Waals surface area contributed by atoms with Crippen LogP contribution in [0.3, 0.4) is 0 Å². The zero-order valence-corrected chi connectivity index (χ0v) is 10.5. The maximum Gasteiger partial charge on any atom is 0.242 e. The molecular weight excluding hydrogens is 252 g/mol. The lowest BCUT2D eigenvalue weighted by Crippen LogP contribution is -1.97. The summed E-state index contributed by atoms with van der Waals surface area (Å²) in [5.74, 6) is 0.775. The molecule has 6 heteroatoms. The number of anilines is 1. The van der Waals surface area contributed by atoms with Gasteiger partial charge in [-0.1, -0.05) is 0 Å². The molecule has 0 aliphatic carbocycles. The molecule has 5 nitrogen and oxygen atoms in total. The van der Waals surface area contributed by atoms with E-state index in [4.69, 9.17) is 10.5 Å². The Morgan fingerprint density at radius 3 is 2.39 bits per heavy atom. The van der Waals surface area contributed by atoms with Crippen LogP contribution in [0.2, 0.25) is 0 Å². The summed E-state index contributed by atoms with van der Waals surface area (Å²) in [6, 6.07) is 9.45. The summed E-state index contributed by atoms with van der Waals surface area (Å²) in [6.07, 6.45) is 2.72. The largest absolute Gasteiger partial charge is 0.437 e. The van der Waals surface area contributed by atoms with E-state index in [-0.39, 0.29) is 4.90 Å². The van der Waals surface area contributed by atoms with E-state index in [9.17, 15) is 8.42 Å². The van der Waals surface area contributed by atoms with Gasteiger partial charge < -0.3 is 10.5 Å². The van der Waals surface area contributed by atoms with Crippen molar-refractivity contribution in [1.29, 1.82) is 0 Å². The Morgan fingerprint density at radius 2 is 1.83 bits per heavy atom. The normalized spacial score (nSPS) is 11.2. The van der Waals surface area contributed by atoms with Crippen LogP contribution in [-0.4, -0.2) is 19.7 Å². The van der Waals surface area contributed by atoms with Gasteiger partial charge in [0.05, 0.1) is 10.6 Å². The Hall–Kier alpha value is -2.08. The quantitative estimate of drug-likeness (QED) is 0.915. The van der Waals surface area contributed by atoms with E-state index in [2.05, 4.69) is 4.98 Å². The molecule has 94 valence electrons. The van der Waals surface area contributed by atoms with Crippen LogP contribution in [0.15, 0.2) is 47.5 Å². The van der Waals surface area contributed by atoms with E-state index in [0.29, 0.717) is 17.3 Å². The smallest absolute Gasteiger partial charge is 0.242 e. The number of ether oxygens (including phenoxy) is 1. The molecule has 1 aromatic carbocycles. The molecule has 0 spiro atoms. The highest BCUT2D eigenvalue weighted by Gasteiger charge is 2.07. The topological polar surface area (TPSA) is 82.3 Å². The van der Waals surface area contributed by atoms with Crippen LogP contribution in [0, 0.1) is 0 Å². The Labute approximate surface area is 105 Å². The Kier molecular flexibility index (Phi) is 3.20. The lowest BCUT2D eigenvalue weighted by molar-refractivity contribution is 0.465. The summed E-state index contributed by atoms with van der Waals surface area (Å²) in [5, 5.41) is 0. The number of benzene rings is 1. The van der Waals surface area contributed by atoms with Gasteiger partial charge in [-0.05, 0) is 36.4 Å². The predicted octanol–water partition coefficient (Wildman–Crippen LogP) is 1.86. The number of nitrogens with two attached hydrogens (primary N) is 1. The average Bonchev–Trinajstić information content (AvgIpc) is 2.32. The second-order valence-corrected chi connectivity index (χ2v) is 5.76. The van der Waals surface area contributed by atoms with E-state index < -0.39 is 9.84 Å². The first-order valence-corrected chi connectivity index (χ1v) is 7.04. The van der Waals surface area contributed by atoms with Gasteiger partial charge in [0.15, 0.2) is 9.84 Å². The minimum absolute atomic E-state index is 0.240. The second-order valence-electron chi connectivity index (χ2n) is 3.74. The number of hydrogen-bond acceptors (Lipinski definition) is 5. The first-order valence-electron chi connectivity index (χ1n) is 5.15. The van der Waals surface area contributed by atoms with E-state index >= 15 is 0 Å². The van der Waals surface area contributed by atoms with Crippen molar-refractivity contribution in [2.24, 2.45) is 0 Å².